The molecule has 0 bridgehead atoms. The van der Waals surface area contributed by atoms with Crippen molar-refractivity contribution >= 4 is 11.6 Å². The van der Waals surface area contributed by atoms with Gasteiger partial charge < -0.3 is 14.2 Å². The second-order valence-electron chi connectivity index (χ2n) is 4.66. The van der Waals surface area contributed by atoms with Crippen LogP contribution in [0, 0.1) is 0 Å². The summed E-state index contributed by atoms with van der Waals surface area (Å²) >= 11 is 6.13. The molecule has 0 amide bonds. The third-order valence-corrected chi connectivity index (χ3v) is 3.87. The fourth-order valence-corrected chi connectivity index (χ4v) is 2.82. The van der Waals surface area contributed by atoms with Crippen LogP contribution in [-0.2, 0) is 14.2 Å². The summed E-state index contributed by atoms with van der Waals surface area (Å²) < 4.78 is 16.6. The Labute approximate surface area is 102 Å². The molecule has 3 nitrogen and oxygen atoms in total. The Morgan fingerprint density at radius 1 is 1.19 bits per heavy atom. The molecule has 2 fully saturated rings. The van der Waals surface area contributed by atoms with Crippen molar-refractivity contribution in [2.45, 2.75) is 55.8 Å². The molecule has 0 radical (unpaired) electrons. The molecule has 0 saturated heterocycles. The zero-order chi connectivity index (χ0) is 11.4. The van der Waals surface area contributed by atoms with Gasteiger partial charge in [0.1, 0.15) is 6.10 Å². The first-order chi connectivity index (χ1) is 7.81. The lowest BCUT2D eigenvalue weighted by molar-refractivity contribution is -0.150. The molecule has 94 valence electrons. The van der Waals surface area contributed by atoms with E-state index in [-0.39, 0.29) is 17.6 Å². The summed E-state index contributed by atoms with van der Waals surface area (Å²) in [6, 6.07) is 0. The number of hydrogen-bond acceptors (Lipinski definition) is 3. The lowest BCUT2D eigenvalue weighted by Crippen LogP contribution is -2.52. The van der Waals surface area contributed by atoms with Gasteiger partial charge in [0.15, 0.2) is 0 Å². The maximum absolute atomic E-state index is 6.13. The third kappa shape index (κ3) is 3.10. The number of methoxy groups -OCH3 is 1. The zero-order valence-corrected chi connectivity index (χ0v) is 10.6. The molecule has 0 aromatic heterocycles. The Kier molecular flexibility index (Phi) is 4.89. The van der Waals surface area contributed by atoms with Crippen LogP contribution in [0.25, 0.3) is 0 Å². The monoisotopic (exact) mass is 248 g/mol. The Balaban J connectivity index is 1.68. The van der Waals surface area contributed by atoms with Crippen molar-refractivity contribution in [3.8, 4) is 0 Å². The first-order valence-electron chi connectivity index (χ1n) is 6.21. The van der Waals surface area contributed by atoms with E-state index < -0.39 is 0 Å². The van der Waals surface area contributed by atoms with Gasteiger partial charge in [-0.15, -0.1) is 11.6 Å². The highest BCUT2D eigenvalue weighted by Gasteiger charge is 2.43. The van der Waals surface area contributed by atoms with Crippen LogP contribution >= 0.6 is 11.6 Å². The lowest BCUT2D eigenvalue weighted by atomic mass is 9.90. The summed E-state index contributed by atoms with van der Waals surface area (Å²) in [5.41, 5.74) is 0. The molecule has 3 unspecified atom stereocenters. The minimum Gasteiger partial charge on any atom is -0.382 e. The highest BCUT2D eigenvalue weighted by molar-refractivity contribution is 6.21. The van der Waals surface area contributed by atoms with Crippen molar-refractivity contribution in [3.63, 3.8) is 0 Å². The maximum atomic E-state index is 6.13. The van der Waals surface area contributed by atoms with Gasteiger partial charge in [-0.2, -0.15) is 0 Å². The molecule has 2 aliphatic rings. The number of hydrogen-bond donors (Lipinski definition) is 0. The number of alkyl halides is 1. The minimum atomic E-state index is 0.0671. The highest BCUT2D eigenvalue weighted by Crippen LogP contribution is 2.35. The summed E-state index contributed by atoms with van der Waals surface area (Å²) in [6.07, 6.45) is 6.66. The van der Waals surface area contributed by atoms with E-state index >= 15 is 0 Å². The number of ether oxygens (including phenoxy) is 3. The van der Waals surface area contributed by atoms with E-state index in [1.54, 1.807) is 7.11 Å². The summed E-state index contributed by atoms with van der Waals surface area (Å²) in [6.45, 7) is 1.23. The Morgan fingerprint density at radius 2 is 1.94 bits per heavy atom. The van der Waals surface area contributed by atoms with E-state index in [2.05, 4.69) is 0 Å². The normalized spacial score (nSPS) is 35.2. The lowest BCUT2D eigenvalue weighted by Gasteiger charge is -2.41. The van der Waals surface area contributed by atoms with Crippen molar-refractivity contribution in [2.75, 3.05) is 20.3 Å². The van der Waals surface area contributed by atoms with Crippen LogP contribution < -0.4 is 0 Å². The van der Waals surface area contributed by atoms with Gasteiger partial charge in [0, 0.05) is 7.11 Å². The van der Waals surface area contributed by atoms with Crippen LogP contribution in [0.4, 0.5) is 0 Å². The fourth-order valence-electron chi connectivity index (χ4n) is 2.41. The first kappa shape index (κ1) is 12.6. The summed E-state index contributed by atoms with van der Waals surface area (Å²) in [5, 5.41) is 0.114. The van der Waals surface area contributed by atoms with E-state index in [4.69, 9.17) is 25.8 Å². The topological polar surface area (TPSA) is 27.7 Å². The van der Waals surface area contributed by atoms with Gasteiger partial charge in [-0.3, -0.25) is 0 Å². The van der Waals surface area contributed by atoms with Gasteiger partial charge in [-0.25, -0.2) is 0 Å². The van der Waals surface area contributed by atoms with Crippen LogP contribution in [0.2, 0.25) is 0 Å². The minimum absolute atomic E-state index is 0.0671. The maximum Gasteiger partial charge on any atom is 0.100 e. The van der Waals surface area contributed by atoms with Crippen LogP contribution in [0.15, 0.2) is 0 Å². The van der Waals surface area contributed by atoms with Crippen molar-refractivity contribution in [1.82, 2.24) is 0 Å². The Morgan fingerprint density at radius 3 is 2.56 bits per heavy atom. The molecule has 2 rings (SSSR count). The predicted molar refractivity (Wildman–Crippen MR) is 63.0 cm³/mol. The molecule has 0 heterocycles. The fraction of sp³-hybridized carbons (Fsp3) is 1.00. The van der Waals surface area contributed by atoms with Gasteiger partial charge in [0.2, 0.25) is 0 Å². The van der Waals surface area contributed by atoms with Crippen LogP contribution in [0.3, 0.4) is 0 Å². The first-order valence-corrected chi connectivity index (χ1v) is 6.65. The molecule has 4 heteroatoms. The van der Waals surface area contributed by atoms with Crippen molar-refractivity contribution in [2.24, 2.45) is 0 Å². The average Bonchev–Trinajstić information content (AvgIpc) is 2.76. The van der Waals surface area contributed by atoms with Crippen molar-refractivity contribution in [3.05, 3.63) is 0 Å². The quantitative estimate of drug-likeness (QED) is 0.534. The standard InChI is InChI=1S/C12H21ClO3/c1-14-6-7-15-12-10(13)8-11(12)16-9-4-2-3-5-9/h9-12H,2-8H2,1H3. The van der Waals surface area contributed by atoms with Gasteiger partial charge in [0.25, 0.3) is 0 Å². The SMILES string of the molecule is COCCOC1C(Cl)CC1OC1CCCC1. The molecule has 0 spiro atoms. The van der Waals surface area contributed by atoms with Crippen LogP contribution in [-0.4, -0.2) is 44.0 Å². The number of rotatable bonds is 6. The smallest absolute Gasteiger partial charge is 0.100 e. The molecule has 0 aromatic carbocycles. The summed E-state index contributed by atoms with van der Waals surface area (Å²) in [7, 11) is 1.68. The second kappa shape index (κ2) is 6.20. The molecule has 0 N–H and O–H groups in total. The van der Waals surface area contributed by atoms with Crippen molar-refractivity contribution in [1.29, 1.82) is 0 Å². The van der Waals surface area contributed by atoms with E-state index in [0.29, 0.717) is 19.3 Å². The van der Waals surface area contributed by atoms with Crippen LogP contribution in [0.5, 0.6) is 0 Å². The Bertz CT molecular complexity index is 206. The summed E-state index contributed by atoms with van der Waals surface area (Å²) in [5.74, 6) is 0. The Hall–Kier alpha value is 0.170. The molecular weight excluding hydrogens is 228 g/mol. The molecule has 2 aliphatic carbocycles. The third-order valence-electron chi connectivity index (χ3n) is 3.45. The molecular formula is C12H21ClO3. The largest absolute Gasteiger partial charge is 0.382 e. The van der Waals surface area contributed by atoms with Gasteiger partial charge in [-0.1, -0.05) is 12.8 Å². The second-order valence-corrected chi connectivity index (χ2v) is 5.22. The highest BCUT2D eigenvalue weighted by atomic mass is 35.5. The summed E-state index contributed by atoms with van der Waals surface area (Å²) in [4.78, 5) is 0. The van der Waals surface area contributed by atoms with Gasteiger partial charge in [-0.05, 0) is 19.3 Å². The van der Waals surface area contributed by atoms with E-state index in [1.165, 1.54) is 25.7 Å². The van der Waals surface area contributed by atoms with E-state index in [9.17, 15) is 0 Å². The molecule has 3 atom stereocenters. The van der Waals surface area contributed by atoms with E-state index in [1.807, 2.05) is 0 Å². The van der Waals surface area contributed by atoms with Crippen LogP contribution in [0.1, 0.15) is 32.1 Å². The molecule has 0 aromatic rings. The molecule has 16 heavy (non-hydrogen) atoms. The van der Waals surface area contributed by atoms with E-state index in [0.717, 1.165) is 6.42 Å². The average molecular weight is 249 g/mol. The molecule has 2 saturated carbocycles. The van der Waals surface area contributed by atoms with Gasteiger partial charge in [0.05, 0.1) is 30.8 Å². The predicted octanol–water partition coefficient (Wildman–Crippen LogP) is 2.36. The van der Waals surface area contributed by atoms with Gasteiger partial charge >= 0.3 is 0 Å². The zero-order valence-electron chi connectivity index (χ0n) is 9.86. The number of halogens is 1. The molecule has 0 aliphatic heterocycles. The van der Waals surface area contributed by atoms with Crippen molar-refractivity contribution < 1.29 is 14.2 Å².